The molecular formula is C8H17N7O. The standard InChI is InChI=1S/C8H17N7O/c1-5(11-9)13-14-6-3-7(8(16)12-10)15(2)4-6/h6-7H,3-4,9-10H2,1-2H3,(H,12,16)/t6-,7-/m0/s1. The Balaban J connectivity index is 2.56. The zero-order chi connectivity index (χ0) is 12.1. The molecule has 1 aliphatic rings. The van der Waals surface area contributed by atoms with Crippen molar-refractivity contribution in [2.45, 2.75) is 25.4 Å². The van der Waals surface area contributed by atoms with Gasteiger partial charge in [-0.1, -0.05) is 0 Å². The van der Waals surface area contributed by atoms with Gasteiger partial charge in [-0.05, 0) is 20.4 Å². The Morgan fingerprint density at radius 1 is 1.56 bits per heavy atom. The Hall–Kier alpha value is -1.54. The molecule has 0 aliphatic carbocycles. The van der Waals surface area contributed by atoms with Crippen LogP contribution in [0.15, 0.2) is 15.3 Å². The first-order valence-electron chi connectivity index (χ1n) is 4.94. The number of nitrogens with one attached hydrogen (secondary N) is 1. The van der Waals surface area contributed by atoms with Gasteiger partial charge in [0.05, 0.1) is 12.1 Å². The van der Waals surface area contributed by atoms with Crippen molar-refractivity contribution in [3.8, 4) is 0 Å². The summed E-state index contributed by atoms with van der Waals surface area (Å²) >= 11 is 0. The number of hydrazine groups is 1. The quantitative estimate of drug-likeness (QED) is 0.137. The van der Waals surface area contributed by atoms with Crippen LogP contribution in [-0.2, 0) is 4.79 Å². The number of amidine groups is 1. The molecule has 0 saturated carbocycles. The molecule has 0 aromatic rings. The fourth-order valence-electron chi connectivity index (χ4n) is 1.65. The molecule has 0 bridgehead atoms. The summed E-state index contributed by atoms with van der Waals surface area (Å²) in [5, 5.41) is 11.3. The Morgan fingerprint density at radius 3 is 2.81 bits per heavy atom. The third kappa shape index (κ3) is 2.97. The van der Waals surface area contributed by atoms with Crippen LogP contribution in [0.4, 0.5) is 0 Å². The van der Waals surface area contributed by atoms with E-state index >= 15 is 0 Å². The van der Waals surface area contributed by atoms with E-state index in [1.165, 1.54) is 0 Å². The van der Waals surface area contributed by atoms with Gasteiger partial charge in [0.25, 0.3) is 5.91 Å². The van der Waals surface area contributed by atoms with Crippen LogP contribution in [0, 0.1) is 0 Å². The summed E-state index contributed by atoms with van der Waals surface area (Å²) in [5.41, 5.74) is 2.14. The highest BCUT2D eigenvalue weighted by Crippen LogP contribution is 2.18. The van der Waals surface area contributed by atoms with Gasteiger partial charge in [-0.15, -0.1) is 5.11 Å². The van der Waals surface area contributed by atoms with Crippen molar-refractivity contribution in [2.24, 2.45) is 27.0 Å². The predicted octanol–water partition coefficient (Wildman–Crippen LogP) is -1.21. The molecule has 1 saturated heterocycles. The molecule has 8 nitrogen and oxygen atoms in total. The van der Waals surface area contributed by atoms with Crippen LogP contribution in [0.3, 0.4) is 0 Å². The summed E-state index contributed by atoms with van der Waals surface area (Å²) < 4.78 is 0. The van der Waals surface area contributed by atoms with Crippen molar-refractivity contribution in [2.75, 3.05) is 13.6 Å². The second-order valence-corrected chi connectivity index (χ2v) is 3.75. The minimum atomic E-state index is -0.246. The number of nitrogens with two attached hydrogens (primary N) is 2. The minimum Gasteiger partial charge on any atom is -0.321 e. The van der Waals surface area contributed by atoms with Gasteiger partial charge in [0.2, 0.25) is 0 Å². The molecule has 0 radical (unpaired) electrons. The van der Waals surface area contributed by atoms with Crippen molar-refractivity contribution in [1.29, 1.82) is 0 Å². The van der Waals surface area contributed by atoms with E-state index in [1.54, 1.807) is 6.92 Å². The van der Waals surface area contributed by atoms with Crippen LogP contribution in [0.1, 0.15) is 13.3 Å². The monoisotopic (exact) mass is 227 g/mol. The number of rotatable bonds is 2. The largest absolute Gasteiger partial charge is 0.321 e. The molecule has 16 heavy (non-hydrogen) atoms. The smallest absolute Gasteiger partial charge is 0.251 e. The van der Waals surface area contributed by atoms with Gasteiger partial charge in [-0.3, -0.25) is 15.1 Å². The third-order valence-electron chi connectivity index (χ3n) is 2.52. The number of hydrogen-bond donors (Lipinski definition) is 3. The van der Waals surface area contributed by atoms with Crippen LogP contribution in [0.5, 0.6) is 0 Å². The topological polar surface area (TPSA) is 121 Å². The summed E-state index contributed by atoms with van der Waals surface area (Å²) in [7, 11) is 1.85. The molecule has 1 fully saturated rings. The molecule has 1 heterocycles. The number of likely N-dealkylation sites (N-methyl/N-ethyl adjacent to an activating group) is 1. The number of hydrogen-bond acceptors (Lipinski definition) is 6. The lowest BCUT2D eigenvalue weighted by molar-refractivity contribution is -0.125. The number of hydrazone groups is 1. The first kappa shape index (κ1) is 12.5. The minimum absolute atomic E-state index is 0.0241. The molecule has 1 rings (SSSR count). The number of likely N-dealkylation sites (tertiary alicyclic amines) is 1. The van der Waals surface area contributed by atoms with Gasteiger partial charge in [-0.25, -0.2) is 5.84 Å². The molecule has 1 amide bonds. The van der Waals surface area contributed by atoms with Crippen molar-refractivity contribution in [3.63, 3.8) is 0 Å². The van der Waals surface area contributed by atoms with Crippen molar-refractivity contribution in [3.05, 3.63) is 0 Å². The summed E-state index contributed by atoms with van der Waals surface area (Å²) in [6.45, 7) is 2.33. The van der Waals surface area contributed by atoms with Crippen LogP contribution in [0.25, 0.3) is 0 Å². The van der Waals surface area contributed by atoms with Gasteiger partial charge < -0.3 is 5.84 Å². The van der Waals surface area contributed by atoms with E-state index in [9.17, 15) is 4.79 Å². The molecule has 1 aliphatic heterocycles. The van der Waals surface area contributed by atoms with Crippen molar-refractivity contribution in [1.82, 2.24) is 10.3 Å². The summed E-state index contributed by atoms with van der Waals surface area (Å²) in [4.78, 5) is 13.3. The molecule has 8 heteroatoms. The number of azo groups is 1. The average molecular weight is 227 g/mol. The number of nitrogens with zero attached hydrogens (tertiary/aromatic N) is 4. The zero-order valence-corrected chi connectivity index (χ0v) is 9.42. The molecular weight excluding hydrogens is 210 g/mol. The maximum atomic E-state index is 11.4. The average Bonchev–Trinajstić information content (AvgIpc) is 2.66. The van der Waals surface area contributed by atoms with Crippen molar-refractivity contribution < 1.29 is 4.79 Å². The van der Waals surface area contributed by atoms with Gasteiger partial charge in [-0.2, -0.15) is 10.2 Å². The van der Waals surface area contributed by atoms with E-state index in [2.05, 4.69) is 20.8 Å². The number of carbonyl (C=O) groups excluding carboxylic acids is 1. The van der Waals surface area contributed by atoms with E-state index in [-0.39, 0.29) is 18.0 Å². The molecule has 0 aromatic heterocycles. The second-order valence-electron chi connectivity index (χ2n) is 3.75. The second kappa shape index (κ2) is 5.52. The first-order valence-corrected chi connectivity index (χ1v) is 4.94. The Morgan fingerprint density at radius 2 is 2.25 bits per heavy atom. The predicted molar refractivity (Wildman–Crippen MR) is 59.3 cm³/mol. The lowest BCUT2D eigenvalue weighted by Gasteiger charge is -2.16. The third-order valence-corrected chi connectivity index (χ3v) is 2.52. The van der Waals surface area contributed by atoms with E-state index < -0.39 is 0 Å². The van der Waals surface area contributed by atoms with E-state index in [1.807, 2.05) is 11.9 Å². The zero-order valence-electron chi connectivity index (χ0n) is 9.42. The highest BCUT2D eigenvalue weighted by molar-refractivity contribution is 5.81. The maximum Gasteiger partial charge on any atom is 0.251 e. The summed E-state index contributed by atoms with van der Waals surface area (Å²) in [6.07, 6.45) is 0.598. The van der Waals surface area contributed by atoms with E-state index in [0.717, 1.165) is 0 Å². The molecule has 5 N–H and O–H groups in total. The first-order chi connectivity index (χ1) is 7.58. The van der Waals surface area contributed by atoms with Crippen LogP contribution >= 0.6 is 0 Å². The van der Waals surface area contributed by atoms with Gasteiger partial charge >= 0.3 is 0 Å². The van der Waals surface area contributed by atoms with E-state index in [4.69, 9.17) is 11.7 Å². The SMILES string of the molecule is CC(N=N[C@H]1C[C@@H](C(=O)NN)N(C)C1)=NN. The summed E-state index contributed by atoms with van der Waals surface area (Å²) in [5.74, 6) is 10.3. The molecule has 90 valence electrons. The lowest BCUT2D eigenvalue weighted by Crippen LogP contribution is -2.44. The van der Waals surface area contributed by atoms with E-state index in [0.29, 0.717) is 18.8 Å². The molecule has 0 unspecified atom stereocenters. The number of carbonyl (C=O) groups is 1. The highest BCUT2D eigenvalue weighted by Gasteiger charge is 2.34. The molecule has 2 atom stereocenters. The highest BCUT2D eigenvalue weighted by atomic mass is 16.2. The van der Waals surface area contributed by atoms with Gasteiger partial charge in [0, 0.05) is 6.54 Å². The van der Waals surface area contributed by atoms with Crippen LogP contribution < -0.4 is 17.1 Å². The van der Waals surface area contributed by atoms with Crippen LogP contribution in [0.2, 0.25) is 0 Å². The summed E-state index contributed by atoms with van der Waals surface area (Å²) in [6, 6.07) is -0.270. The van der Waals surface area contributed by atoms with Crippen molar-refractivity contribution >= 4 is 11.7 Å². The number of amides is 1. The fraction of sp³-hybridized carbons (Fsp3) is 0.750. The molecule has 0 spiro atoms. The van der Waals surface area contributed by atoms with Gasteiger partial charge in [0.1, 0.15) is 0 Å². The fourth-order valence-corrected chi connectivity index (χ4v) is 1.65. The lowest BCUT2D eigenvalue weighted by atomic mass is 10.2. The Kier molecular flexibility index (Phi) is 4.32. The maximum absolute atomic E-state index is 11.4. The van der Waals surface area contributed by atoms with Crippen LogP contribution in [-0.4, -0.2) is 42.3 Å². The normalized spacial score (nSPS) is 27.6. The van der Waals surface area contributed by atoms with Gasteiger partial charge in [0.15, 0.2) is 5.84 Å². The Bertz CT molecular complexity index is 314. The Labute approximate surface area is 93.7 Å². The molecule has 0 aromatic carbocycles.